The zero-order chi connectivity index (χ0) is 13.9. The molecule has 0 aliphatic rings. The summed E-state index contributed by atoms with van der Waals surface area (Å²) in [7, 11) is 0. The lowest BCUT2D eigenvalue weighted by atomic mass is 9.85. The maximum absolute atomic E-state index is 4.40. The van der Waals surface area contributed by atoms with E-state index < -0.39 is 0 Å². The van der Waals surface area contributed by atoms with E-state index in [0.29, 0.717) is 0 Å². The van der Waals surface area contributed by atoms with Gasteiger partial charge in [-0.1, -0.05) is 45.0 Å². The Morgan fingerprint density at radius 2 is 1.68 bits per heavy atom. The lowest BCUT2D eigenvalue weighted by Crippen LogP contribution is -2.16. The Morgan fingerprint density at radius 3 is 2.32 bits per heavy atom. The molecule has 0 saturated heterocycles. The third kappa shape index (κ3) is 3.34. The van der Waals surface area contributed by atoms with Gasteiger partial charge in [0, 0.05) is 11.9 Å². The molecule has 2 heteroatoms. The summed E-state index contributed by atoms with van der Waals surface area (Å²) in [6.07, 6.45) is 1.84. The highest BCUT2D eigenvalue weighted by Crippen LogP contribution is 2.31. The highest BCUT2D eigenvalue weighted by atomic mass is 14.9. The van der Waals surface area contributed by atoms with Crippen LogP contribution in [0.3, 0.4) is 0 Å². The Balaban J connectivity index is 2.25. The van der Waals surface area contributed by atoms with Crippen molar-refractivity contribution >= 4 is 5.69 Å². The van der Waals surface area contributed by atoms with E-state index >= 15 is 0 Å². The van der Waals surface area contributed by atoms with Gasteiger partial charge in [-0.25, -0.2) is 0 Å². The average Bonchev–Trinajstić information content (AvgIpc) is 2.39. The number of hydrogen-bond acceptors (Lipinski definition) is 2. The van der Waals surface area contributed by atoms with E-state index in [0.717, 1.165) is 5.69 Å². The van der Waals surface area contributed by atoms with E-state index in [-0.39, 0.29) is 11.5 Å². The fraction of sp³-hybridized carbons (Fsp3) is 0.353. The largest absolute Gasteiger partial charge is 0.377 e. The molecule has 0 radical (unpaired) electrons. The van der Waals surface area contributed by atoms with Gasteiger partial charge in [-0.15, -0.1) is 0 Å². The summed E-state index contributed by atoms with van der Waals surface area (Å²) in [5.74, 6) is 0. The van der Waals surface area contributed by atoms with Crippen molar-refractivity contribution in [3.05, 3.63) is 59.9 Å². The molecular weight excluding hydrogens is 232 g/mol. The van der Waals surface area contributed by atoms with Crippen molar-refractivity contribution in [3.63, 3.8) is 0 Å². The SMILES string of the molecule is CC(Nc1ccccc1C(C)(C)C)c1ccccn1. The van der Waals surface area contributed by atoms with Crippen molar-refractivity contribution in [2.45, 2.75) is 39.2 Å². The summed E-state index contributed by atoms with van der Waals surface area (Å²) in [5, 5.41) is 3.57. The molecule has 1 atom stereocenters. The highest BCUT2D eigenvalue weighted by molar-refractivity contribution is 5.55. The summed E-state index contributed by atoms with van der Waals surface area (Å²) < 4.78 is 0. The smallest absolute Gasteiger partial charge is 0.0657 e. The normalized spacial score (nSPS) is 13.1. The van der Waals surface area contributed by atoms with Gasteiger partial charge in [0.15, 0.2) is 0 Å². The Bertz CT molecular complexity index is 526. The van der Waals surface area contributed by atoms with Crippen molar-refractivity contribution in [1.82, 2.24) is 4.98 Å². The first-order valence-corrected chi connectivity index (χ1v) is 6.75. The van der Waals surface area contributed by atoms with E-state index in [1.165, 1.54) is 11.3 Å². The molecule has 2 aromatic rings. The Labute approximate surface area is 115 Å². The summed E-state index contributed by atoms with van der Waals surface area (Å²) in [5.41, 5.74) is 3.71. The topological polar surface area (TPSA) is 24.9 Å². The first-order valence-electron chi connectivity index (χ1n) is 6.75. The second kappa shape index (κ2) is 5.43. The van der Waals surface area contributed by atoms with Crippen LogP contribution in [0.25, 0.3) is 0 Å². The van der Waals surface area contributed by atoms with E-state index in [1.807, 2.05) is 18.3 Å². The van der Waals surface area contributed by atoms with Gasteiger partial charge in [0.1, 0.15) is 0 Å². The number of para-hydroxylation sites is 1. The summed E-state index contributed by atoms with van der Waals surface area (Å²) in [6.45, 7) is 8.85. The molecule has 0 saturated carbocycles. The van der Waals surface area contributed by atoms with E-state index in [1.54, 1.807) is 0 Å². The number of rotatable bonds is 3. The van der Waals surface area contributed by atoms with Crippen LogP contribution in [0.15, 0.2) is 48.7 Å². The molecule has 2 rings (SSSR count). The van der Waals surface area contributed by atoms with Crippen LogP contribution in [0, 0.1) is 0 Å². The average molecular weight is 254 g/mol. The predicted molar refractivity (Wildman–Crippen MR) is 81.4 cm³/mol. The molecule has 0 spiro atoms. The molecule has 0 aliphatic carbocycles. The van der Waals surface area contributed by atoms with Crippen molar-refractivity contribution in [2.75, 3.05) is 5.32 Å². The lowest BCUT2D eigenvalue weighted by molar-refractivity contribution is 0.590. The number of pyridine rings is 1. The first kappa shape index (κ1) is 13.6. The molecule has 19 heavy (non-hydrogen) atoms. The number of nitrogens with zero attached hydrogens (tertiary/aromatic N) is 1. The van der Waals surface area contributed by atoms with E-state index in [9.17, 15) is 0 Å². The van der Waals surface area contributed by atoms with Crippen molar-refractivity contribution in [1.29, 1.82) is 0 Å². The van der Waals surface area contributed by atoms with Gasteiger partial charge in [-0.2, -0.15) is 0 Å². The van der Waals surface area contributed by atoms with Crippen LogP contribution in [0.4, 0.5) is 5.69 Å². The van der Waals surface area contributed by atoms with Crippen molar-refractivity contribution in [3.8, 4) is 0 Å². The van der Waals surface area contributed by atoms with Crippen molar-refractivity contribution in [2.24, 2.45) is 0 Å². The molecule has 1 aromatic carbocycles. The fourth-order valence-electron chi connectivity index (χ4n) is 2.20. The van der Waals surface area contributed by atoms with Crippen LogP contribution in [-0.2, 0) is 5.41 Å². The molecule has 2 nitrogen and oxygen atoms in total. The Morgan fingerprint density at radius 1 is 1.00 bits per heavy atom. The van der Waals surface area contributed by atoms with Gasteiger partial charge in [0.2, 0.25) is 0 Å². The van der Waals surface area contributed by atoms with Crippen LogP contribution in [-0.4, -0.2) is 4.98 Å². The molecule has 0 amide bonds. The first-order chi connectivity index (χ1) is 8.98. The standard InChI is InChI=1S/C17H22N2/c1-13(15-10-7-8-12-18-15)19-16-11-6-5-9-14(16)17(2,3)4/h5-13,19H,1-4H3. The fourth-order valence-corrected chi connectivity index (χ4v) is 2.20. The minimum Gasteiger partial charge on any atom is -0.377 e. The monoisotopic (exact) mass is 254 g/mol. The number of nitrogens with one attached hydrogen (secondary N) is 1. The maximum Gasteiger partial charge on any atom is 0.0657 e. The molecule has 0 fully saturated rings. The van der Waals surface area contributed by atoms with E-state index in [2.05, 4.69) is 68.3 Å². The molecule has 0 bridgehead atoms. The summed E-state index contributed by atoms with van der Waals surface area (Å²) >= 11 is 0. The van der Waals surface area contributed by atoms with Crippen LogP contribution < -0.4 is 5.32 Å². The maximum atomic E-state index is 4.40. The summed E-state index contributed by atoms with van der Waals surface area (Å²) in [4.78, 5) is 4.40. The van der Waals surface area contributed by atoms with Crippen LogP contribution in [0.1, 0.15) is 45.0 Å². The van der Waals surface area contributed by atoms with Crippen LogP contribution in [0.2, 0.25) is 0 Å². The molecule has 0 aliphatic heterocycles. The third-order valence-electron chi connectivity index (χ3n) is 3.24. The van der Waals surface area contributed by atoms with E-state index in [4.69, 9.17) is 0 Å². The second-order valence-corrected chi connectivity index (χ2v) is 5.92. The van der Waals surface area contributed by atoms with Gasteiger partial charge in [-0.05, 0) is 36.1 Å². The molecule has 1 heterocycles. The molecule has 100 valence electrons. The minimum atomic E-state index is 0.132. The van der Waals surface area contributed by atoms with Gasteiger partial charge in [0.05, 0.1) is 11.7 Å². The van der Waals surface area contributed by atoms with Gasteiger partial charge in [-0.3, -0.25) is 4.98 Å². The molecule has 1 N–H and O–H groups in total. The predicted octanol–water partition coefficient (Wildman–Crippen LogP) is 4.55. The van der Waals surface area contributed by atoms with Crippen LogP contribution in [0.5, 0.6) is 0 Å². The minimum absolute atomic E-state index is 0.132. The number of hydrogen-bond donors (Lipinski definition) is 1. The highest BCUT2D eigenvalue weighted by Gasteiger charge is 2.18. The third-order valence-corrected chi connectivity index (χ3v) is 3.24. The lowest BCUT2D eigenvalue weighted by Gasteiger charge is -2.25. The van der Waals surface area contributed by atoms with Crippen molar-refractivity contribution < 1.29 is 0 Å². The Kier molecular flexibility index (Phi) is 3.89. The van der Waals surface area contributed by atoms with Gasteiger partial charge < -0.3 is 5.32 Å². The number of benzene rings is 1. The van der Waals surface area contributed by atoms with Crippen LogP contribution >= 0.6 is 0 Å². The zero-order valence-electron chi connectivity index (χ0n) is 12.1. The number of anilines is 1. The number of aromatic nitrogens is 1. The second-order valence-electron chi connectivity index (χ2n) is 5.92. The Hall–Kier alpha value is -1.83. The molecule has 1 aromatic heterocycles. The van der Waals surface area contributed by atoms with Gasteiger partial charge >= 0.3 is 0 Å². The zero-order valence-corrected chi connectivity index (χ0v) is 12.1. The quantitative estimate of drug-likeness (QED) is 0.869. The molecule has 1 unspecified atom stereocenters. The van der Waals surface area contributed by atoms with Gasteiger partial charge in [0.25, 0.3) is 0 Å². The molecular formula is C17H22N2. The summed E-state index contributed by atoms with van der Waals surface area (Å²) in [6, 6.07) is 14.7.